The number of thiazole rings is 1. The molecule has 0 saturated heterocycles. The highest BCUT2D eigenvalue weighted by Gasteiger charge is 2.17. The molecular weight excluding hydrogens is 256 g/mol. The van der Waals surface area contributed by atoms with Gasteiger partial charge in [-0.1, -0.05) is 27.7 Å². The summed E-state index contributed by atoms with van der Waals surface area (Å²) in [7, 11) is 0. The third-order valence-electron chi connectivity index (χ3n) is 2.91. The van der Waals surface area contributed by atoms with E-state index in [1.807, 2.05) is 12.1 Å². The highest BCUT2D eigenvalue weighted by molar-refractivity contribution is 7.09. The molecule has 0 spiro atoms. The van der Waals surface area contributed by atoms with Crippen LogP contribution in [-0.4, -0.2) is 11.5 Å². The minimum absolute atomic E-state index is 0.119. The molecule has 4 heteroatoms. The Labute approximate surface area is 119 Å². The van der Waals surface area contributed by atoms with Crippen molar-refractivity contribution in [3.05, 3.63) is 39.7 Å². The Hall–Kier alpha value is -1.13. The van der Waals surface area contributed by atoms with Crippen molar-refractivity contribution in [2.75, 3.05) is 6.54 Å². The average molecular weight is 278 g/mol. The van der Waals surface area contributed by atoms with Crippen LogP contribution in [0.25, 0.3) is 0 Å². The standard InChI is InChI=1S/C15H22N2OS/c1-5-16-9-12-7-6-11(18-12)8-14-17-13(10-19-14)15(2,3)4/h6-7,10,16H,5,8-9H2,1-4H3. The van der Waals surface area contributed by atoms with Gasteiger partial charge in [0.2, 0.25) is 0 Å². The zero-order chi connectivity index (χ0) is 13.9. The molecule has 19 heavy (non-hydrogen) atoms. The first-order chi connectivity index (χ1) is 8.99. The fraction of sp³-hybridized carbons (Fsp3) is 0.533. The van der Waals surface area contributed by atoms with E-state index in [9.17, 15) is 0 Å². The summed E-state index contributed by atoms with van der Waals surface area (Å²) < 4.78 is 5.79. The van der Waals surface area contributed by atoms with Crippen LogP contribution in [0.4, 0.5) is 0 Å². The summed E-state index contributed by atoms with van der Waals surface area (Å²) in [5.74, 6) is 1.98. The van der Waals surface area contributed by atoms with E-state index in [1.165, 1.54) is 0 Å². The molecule has 0 unspecified atom stereocenters. The van der Waals surface area contributed by atoms with Gasteiger partial charge in [-0.05, 0) is 18.7 Å². The normalized spacial score (nSPS) is 12.0. The minimum Gasteiger partial charge on any atom is -0.464 e. The van der Waals surface area contributed by atoms with E-state index in [2.05, 4.69) is 38.4 Å². The third-order valence-corrected chi connectivity index (χ3v) is 3.76. The van der Waals surface area contributed by atoms with Gasteiger partial charge in [0.05, 0.1) is 18.7 Å². The lowest BCUT2D eigenvalue weighted by Crippen LogP contribution is -2.11. The summed E-state index contributed by atoms with van der Waals surface area (Å²) in [6.07, 6.45) is 0.785. The first-order valence-electron chi connectivity index (χ1n) is 6.72. The van der Waals surface area contributed by atoms with Crippen LogP contribution < -0.4 is 5.32 Å². The van der Waals surface area contributed by atoms with E-state index in [4.69, 9.17) is 9.40 Å². The zero-order valence-electron chi connectivity index (χ0n) is 12.1. The fourth-order valence-corrected chi connectivity index (χ4v) is 2.78. The van der Waals surface area contributed by atoms with Crippen LogP contribution in [0.5, 0.6) is 0 Å². The van der Waals surface area contributed by atoms with Crippen LogP contribution in [0, 0.1) is 0 Å². The second kappa shape index (κ2) is 5.88. The summed E-state index contributed by atoms with van der Waals surface area (Å²) in [5, 5.41) is 6.53. The van der Waals surface area contributed by atoms with Gasteiger partial charge in [-0.2, -0.15) is 0 Å². The molecule has 2 heterocycles. The average Bonchev–Trinajstić information content (AvgIpc) is 2.95. The van der Waals surface area contributed by atoms with Crippen LogP contribution >= 0.6 is 11.3 Å². The molecule has 2 aromatic rings. The molecule has 104 valence electrons. The first-order valence-corrected chi connectivity index (χ1v) is 7.60. The summed E-state index contributed by atoms with van der Waals surface area (Å²) in [4.78, 5) is 4.69. The smallest absolute Gasteiger partial charge is 0.117 e. The Morgan fingerprint density at radius 2 is 2.00 bits per heavy atom. The molecule has 0 bridgehead atoms. The molecular formula is C15H22N2OS. The highest BCUT2D eigenvalue weighted by atomic mass is 32.1. The van der Waals surface area contributed by atoms with Crippen molar-refractivity contribution in [2.24, 2.45) is 0 Å². The van der Waals surface area contributed by atoms with Crippen LogP contribution in [0.2, 0.25) is 0 Å². The van der Waals surface area contributed by atoms with Gasteiger partial charge in [0, 0.05) is 10.8 Å². The molecule has 1 N–H and O–H groups in total. The number of hydrogen-bond acceptors (Lipinski definition) is 4. The van der Waals surface area contributed by atoms with Crippen molar-refractivity contribution in [1.29, 1.82) is 0 Å². The van der Waals surface area contributed by atoms with Gasteiger partial charge < -0.3 is 9.73 Å². The van der Waals surface area contributed by atoms with Gasteiger partial charge in [0.15, 0.2) is 0 Å². The van der Waals surface area contributed by atoms with Gasteiger partial charge in [-0.15, -0.1) is 11.3 Å². The van der Waals surface area contributed by atoms with Gasteiger partial charge in [0.1, 0.15) is 16.5 Å². The Morgan fingerprint density at radius 1 is 1.26 bits per heavy atom. The van der Waals surface area contributed by atoms with E-state index >= 15 is 0 Å². The number of rotatable bonds is 5. The van der Waals surface area contributed by atoms with Crippen LogP contribution in [0.1, 0.15) is 49.9 Å². The molecule has 3 nitrogen and oxygen atoms in total. The SMILES string of the molecule is CCNCc1ccc(Cc2nc(C(C)(C)C)cs2)o1. The number of furan rings is 1. The van der Waals surface area contributed by atoms with E-state index in [0.29, 0.717) is 0 Å². The monoisotopic (exact) mass is 278 g/mol. The fourth-order valence-electron chi connectivity index (χ4n) is 1.75. The number of nitrogens with one attached hydrogen (secondary N) is 1. The first kappa shape index (κ1) is 14.3. The predicted octanol–water partition coefficient (Wildman–Crippen LogP) is 3.73. The molecule has 0 aliphatic rings. The molecule has 0 aromatic carbocycles. The molecule has 0 amide bonds. The van der Waals surface area contributed by atoms with Crippen molar-refractivity contribution in [3.8, 4) is 0 Å². The van der Waals surface area contributed by atoms with Crippen molar-refractivity contribution in [3.63, 3.8) is 0 Å². The number of nitrogens with zero attached hydrogens (tertiary/aromatic N) is 1. The summed E-state index contributed by atoms with van der Waals surface area (Å²) >= 11 is 1.71. The van der Waals surface area contributed by atoms with Gasteiger partial charge in [-0.25, -0.2) is 4.98 Å². The van der Waals surface area contributed by atoms with Crippen molar-refractivity contribution < 1.29 is 4.42 Å². The highest BCUT2D eigenvalue weighted by Crippen LogP contribution is 2.25. The molecule has 0 radical (unpaired) electrons. The van der Waals surface area contributed by atoms with Gasteiger partial charge >= 0.3 is 0 Å². The maximum Gasteiger partial charge on any atom is 0.117 e. The third kappa shape index (κ3) is 3.91. The lowest BCUT2D eigenvalue weighted by atomic mass is 9.93. The number of hydrogen-bond donors (Lipinski definition) is 1. The molecule has 2 aromatic heterocycles. The van der Waals surface area contributed by atoms with Crippen LogP contribution in [0.3, 0.4) is 0 Å². The number of aromatic nitrogens is 1. The lowest BCUT2D eigenvalue weighted by Gasteiger charge is -2.14. The molecule has 0 fully saturated rings. The maximum absolute atomic E-state index is 5.79. The molecule has 0 atom stereocenters. The summed E-state index contributed by atoms with van der Waals surface area (Å²) in [6, 6.07) is 4.08. The maximum atomic E-state index is 5.79. The van der Waals surface area contributed by atoms with Crippen molar-refractivity contribution in [2.45, 2.75) is 46.1 Å². The van der Waals surface area contributed by atoms with E-state index in [-0.39, 0.29) is 5.41 Å². The topological polar surface area (TPSA) is 38.1 Å². The molecule has 0 saturated carbocycles. The van der Waals surface area contributed by atoms with E-state index < -0.39 is 0 Å². The summed E-state index contributed by atoms with van der Waals surface area (Å²) in [5.41, 5.74) is 1.28. The molecule has 0 aliphatic carbocycles. The molecule has 2 rings (SSSR count). The van der Waals surface area contributed by atoms with E-state index in [1.54, 1.807) is 11.3 Å². The van der Waals surface area contributed by atoms with Crippen molar-refractivity contribution >= 4 is 11.3 Å². The van der Waals surface area contributed by atoms with Gasteiger partial charge in [0.25, 0.3) is 0 Å². The Bertz CT molecular complexity index is 522. The Kier molecular flexibility index (Phi) is 4.42. The van der Waals surface area contributed by atoms with Crippen molar-refractivity contribution in [1.82, 2.24) is 10.3 Å². The Morgan fingerprint density at radius 3 is 2.63 bits per heavy atom. The zero-order valence-corrected chi connectivity index (χ0v) is 12.9. The van der Waals surface area contributed by atoms with Crippen LogP contribution in [0.15, 0.2) is 21.9 Å². The quantitative estimate of drug-likeness (QED) is 0.905. The van der Waals surface area contributed by atoms with E-state index in [0.717, 1.165) is 41.7 Å². The molecule has 0 aliphatic heterocycles. The lowest BCUT2D eigenvalue weighted by molar-refractivity contribution is 0.456. The van der Waals surface area contributed by atoms with Crippen LogP contribution in [-0.2, 0) is 18.4 Å². The Balaban J connectivity index is 2.01. The largest absolute Gasteiger partial charge is 0.464 e. The minimum atomic E-state index is 0.119. The predicted molar refractivity (Wildman–Crippen MR) is 79.7 cm³/mol. The second-order valence-corrected chi connectivity index (χ2v) is 6.64. The van der Waals surface area contributed by atoms with Gasteiger partial charge in [-0.3, -0.25) is 0 Å². The summed E-state index contributed by atoms with van der Waals surface area (Å²) in [6.45, 7) is 10.4. The second-order valence-electron chi connectivity index (χ2n) is 5.70.